The Bertz CT molecular complexity index is 941. The summed E-state index contributed by atoms with van der Waals surface area (Å²) >= 11 is 0. The number of aromatic nitrogens is 2. The van der Waals surface area contributed by atoms with Crippen LogP contribution in [0.4, 0.5) is 11.5 Å². The molecule has 1 aromatic heterocycles. The number of nitrogens with one attached hydrogen (secondary N) is 1. The third kappa shape index (κ3) is 4.90. The number of hydrogen-bond donors (Lipinski definition) is 1. The molecule has 1 amide bonds. The van der Waals surface area contributed by atoms with Gasteiger partial charge in [-0.2, -0.15) is 0 Å². The minimum atomic E-state index is -0.228. The average molecular weight is 426 g/mol. The van der Waals surface area contributed by atoms with Gasteiger partial charge in [-0.1, -0.05) is 13.8 Å². The highest BCUT2D eigenvalue weighted by molar-refractivity contribution is 5.94. The summed E-state index contributed by atoms with van der Waals surface area (Å²) in [6.07, 6.45) is 0. The van der Waals surface area contributed by atoms with Crippen LogP contribution in [0.25, 0.3) is 0 Å². The van der Waals surface area contributed by atoms with Crippen LogP contribution in [0, 0.1) is 6.92 Å². The number of piperazine rings is 1. The molecule has 8 nitrogen and oxygen atoms in total. The van der Waals surface area contributed by atoms with E-state index in [1.165, 1.54) is 0 Å². The number of aryl methyl sites for hydroxylation is 1. The Morgan fingerprint density at radius 1 is 1.00 bits per heavy atom. The normalized spacial score (nSPS) is 17.5. The van der Waals surface area contributed by atoms with Crippen molar-refractivity contribution < 1.29 is 14.3 Å². The maximum absolute atomic E-state index is 12.8. The van der Waals surface area contributed by atoms with E-state index < -0.39 is 0 Å². The van der Waals surface area contributed by atoms with Gasteiger partial charge < -0.3 is 19.7 Å². The van der Waals surface area contributed by atoms with Crippen molar-refractivity contribution in [1.82, 2.24) is 14.9 Å². The van der Waals surface area contributed by atoms with Crippen LogP contribution in [0.5, 0.6) is 11.5 Å². The lowest BCUT2D eigenvalue weighted by Crippen LogP contribution is -2.53. The lowest BCUT2D eigenvalue weighted by atomic mass is 10.2. The fourth-order valence-corrected chi connectivity index (χ4v) is 3.87. The molecule has 0 spiro atoms. The quantitative estimate of drug-likeness (QED) is 0.789. The molecule has 8 heteroatoms. The van der Waals surface area contributed by atoms with Gasteiger partial charge in [-0.15, -0.1) is 0 Å². The van der Waals surface area contributed by atoms with Crippen LogP contribution in [0.15, 0.2) is 24.3 Å². The summed E-state index contributed by atoms with van der Waals surface area (Å²) in [5.41, 5.74) is 1.71. The Hall–Kier alpha value is -2.87. The first kappa shape index (κ1) is 21.4. The molecule has 1 aromatic carbocycles. The summed E-state index contributed by atoms with van der Waals surface area (Å²) in [7, 11) is 0. The molecule has 2 aromatic rings. The third-order valence-corrected chi connectivity index (χ3v) is 5.75. The minimum absolute atomic E-state index is 0.0231. The largest absolute Gasteiger partial charge is 0.486 e. The summed E-state index contributed by atoms with van der Waals surface area (Å²) in [6.45, 7) is 12.5. The Labute approximate surface area is 183 Å². The Balaban J connectivity index is 1.35. The summed E-state index contributed by atoms with van der Waals surface area (Å²) < 4.78 is 11.1. The highest BCUT2D eigenvalue weighted by Crippen LogP contribution is 2.32. The van der Waals surface area contributed by atoms with Gasteiger partial charge in [-0.05, 0) is 26.0 Å². The van der Waals surface area contributed by atoms with E-state index in [9.17, 15) is 4.79 Å². The van der Waals surface area contributed by atoms with Crippen LogP contribution in [-0.2, 0) is 4.79 Å². The van der Waals surface area contributed by atoms with Crippen LogP contribution < -0.4 is 19.7 Å². The number of ether oxygens (including phenoxy) is 2. The molecule has 0 saturated carbocycles. The van der Waals surface area contributed by atoms with Gasteiger partial charge in [-0.25, -0.2) is 9.97 Å². The number of nitrogens with zero attached hydrogens (tertiary/aromatic N) is 4. The van der Waals surface area contributed by atoms with Gasteiger partial charge in [-0.3, -0.25) is 9.69 Å². The number of anilines is 2. The van der Waals surface area contributed by atoms with Crippen molar-refractivity contribution in [3.63, 3.8) is 0 Å². The summed E-state index contributed by atoms with van der Waals surface area (Å²) in [5.74, 6) is 3.52. The highest BCUT2D eigenvalue weighted by atomic mass is 16.6. The van der Waals surface area contributed by atoms with E-state index in [1.807, 2.05) is 38.1 Å². The zero-order valence-corrected chi connectivity index (χ0v) is 18.7. The monoisotopic (exact) mass is 425 g/mol. The van der Waals surface area contributed by atoms with Crippen molar-refractivity contribution in [3.8, 4) is 11.5 Å². The molecule has 1 saturated heterocycles. The molecule has 1 fully saturated rings. The first-order valence-electron chi connectivity index (χ1n) is 11.0. The summed E-state index contributed by atoms with van der Waals surface area (Å²) in [5, 5.41) is 3.01. The summed E-state index contributed by atoms with van der Waals surface area (Å²) in [4.78, 5) is 26.6. The predicted molar refractivity (Wildman–Crippen MR) is 120 cm³/mol. The molecule has 2 aliphatic heterocycles. The molecule has 4 rings (SSSR count). The van der Waals surface area contributed by atoms with Crippen molar-refractivity contribution in [2.24, 2.45) is 0 Å². The second-order valence-electron chi connectivity index (χ2n) is 8.43. The van der Waals surface area contributed by atoms with Crippen molar-refractivity contribution in [2.45, 2.75) is 39.7 Å². The molecule has 0 bridgehead atoms. The zero-order valence-electron chi connectivity index (χ0n) is 18.7. The number of rotatable bonds is 5. The number of hydrogen-bond acceptors (Lipinski definition) is 7. The molecule has 1 N–H and O–H groups in total. The second-order valence-corrected chi connectivity index (χ2v) is 8.43. The van der Waals surface area contributed by atoms with E-state index in [4.69, 9.17) is 14.5 Å². The van der Waals surface area contributed by atoms with Crippen molar-refractivity contribution in [3.05, 3.63) is 35.8 Å². The molecule has 166 valence electrons. The van der Waals surface area contributed by atoms with Gasteiger partial charge in [0.1, 0.15) is 24.9 Å². The number of benzene rings is 1. The fraction of sp³-hybridized carbons (Fsp3) is 0.522. The molecule has 0 unspecified atom stereocenters. The van der Waals surface area contributed by atoms with Gasteiger partial charge >= 0.3 is 0 Å². The van der Waals surface area contributed by atoms with Crippen LogP contribution in [0.2, 0.25) is 0 Å². The fourth-order valence-electron chi connectivity index (χ4n) is 3.87. The maximum Gasteiger partial charge on any atom is 0.241 e. The van der Waals surface area contributed by atoms with Crippen molar-refractivity contribution >= 4 is 17.4 Å². The zero-order chi connectivity index (χ0) is 22.0. The number of fused-ring (bicyclic) bond motifs is 1. The van der Waals surface area contributed by atoms with E-state index >= 15 is 0 Å². The second kappa shape index (κ2) is 9.09. The van der Waals surface area contributed by atoms with Crippen LogP contribution >= 0.6 is 0 Å². The standard InChI is InChI=1S/C23H31N5O3/c1-15(2)22-24-16(3)13-21(26-22)28-9-7-27(8-10-28)17(4)23(29)25-18-5-6-19-20(14-18)31-12-11-30-19/h5-6,13-15,17H,7-12H2,1-4H3,(H,25,29)/t17-/m0/s1. The van der Waals surface area contributed by atoms with Gasteiger partial charge in [0.15, 0.2) is 11.5 Å². The van der Waals surface area contributed by atoms with Crippen LogP contribution in [-0.4, -0.2) is 66.2 Å². The first-order valence-corrected chi connectivity index (χ1v) is 11.0. The van der Waals surface area contributed by atoms with E-state index in [-0.39, 0.29) is 11.9 Å². The van der Waals surface area contributed by atoms with Crippen LogP contribution in [0.1, 0.15) is 38.2 Å². The topological polar surface area (TPSA) is 79.8 Å². The Morgan fingerprint density at radius 2 is 1.71 bits per heavy atom. The number of carbonyl (C=O) groups is 1. The van der Waals surface area contributed by atoms with E-state index in [1.54, 1.807) is 0 Å². The van der Waals surface area contributed by atoms with Gasteiger partial charge in [0.05, 0.1) is 6.04 Å². The van der Waals surface area contributed by atoms with Gasteiger partial charge in [0.25, 0.3) is 0 Å². The number of amides is 1. The Morgan fingerprint density at radius 3 is 2.42 bits per heavy atom. The van der Waals surface area contributed by atoms with E-state index in [0.29, 0.717) is 30.6 Å². The minimum Gasteiger partial charge on any atom is -0.486 e. The highest BCUT2D eigenvalue weighted by Gasteiger charge is 2.27. The lowest BCUT2D eigenvalue weighted by Gasteiger charge is -2.38. The molecule has 31 heavy (non-hydrogen) atoms. The van der Waals surface area contributed by atoms with Crippen molar-refractivity contribution in [2.75, 3.05) is 49.6 Å². The van der Waals surface area contributed by atoms with E-state index in [2.05, 4.69) is 33.9 Å². The Kier molecular flexibility index (Phi) is 6.27. The maximum atomic E-state index is 12.8. The molecule has 2 aliphatic rings. The molecule has 1 atom stereocenters. The SMILES string of the molecule is Cc1cc(N2CCN([C@@H](C)C(=O)Nc3ccc4c(c3)OCCO4)CC2)nc(C(C)C)n1. The summed E-state index contributed by atoms with van der Waals surface area (Å²) in [6, 6.07) is 7.32. The van der Waals surface area contributed by atoms with Crippen molar-refractivity contribution in [1.29, 1.82) is 0 Å². The third-order valence-electron chi connectivity index (χ3n) is 5.75. The molecular weight excluding hydrogens is 394 g/mol. The van der Waals surface area contributed by atoms with E-state index in [0.717, 1.165) is 49.2 Å². The van der Waals surface area contributed by atoms with Crippen LogP contribution in [0.3, 0.4) is 0 Å². The predicted octanol–water partition coefficient (Wildman–Crippen LogP) is 2.83. The molecular formula is C23H31N5O3. The van der Waals surface area contributed by atoms with Gasteiger partial charge in [0.2, 0.25) is 5.91 Å². The first-order chi connectivity index (χ1) is 14.9. The molecule has 3 heterocycles. The smallest absolute Gasteiger partial charge is 0.241 e. The average Bonchev–Trinajstić information content (AvgIpc) is 2.78. The van der Waals surface area contributed by atoms with Gasteiger partial charge in [0, 0.05) is 55.6 Å². The molecule has 0 aliphatic carbocycles. The molecule has 0 radical (unpaired) electrons. The number of carbonyl (C=O) groups excluding carboxylic acids is 1. The lowest BCUT2D eigenvalue weighted by molar-refractivity contribution is -0.120.